The zero-order valence-electron chi connectivity index (χ0n) is 19.1. The van der Waals surface area contributed by atoms with E-state index >= 15 is 0 Å². The third-order valence-electron chi connectivity index (χ3n) is 5.53. The molecule has 2 aromatic carbocycles. The molecule has 4 rings (SSSR count). The summed E-state index contributed by atoms with van der Waals surface area (Å²) in [7, 11) is 2.85. The number of esters is 1. The molecule has 3 aromatic rings. The Morgan fingerprint density at radius 1 is 1.06 bits per heavy atom. The van der Waals surface area contributed by atoms with Crippen molar-refractivity contribution in [3.63, 3.8) is 0 Å². The Balaban J connectivity index is 1.79. The Bertz CT molecular complexity index is 1260. The third kappa shape index (κ3) is 4.17. The summed E-state index contributed by atoms with van der Waals surface area (Å²) < 4.78 is 11.6. The number of benzene rings is 2. The molecular formula is C24H25N5O4. The van der Waals surface area contributed by atoms with Gasteiger partial charge in [0.2, 0.25) is 5.95 Å². The predicted molar refractivity (Wildman–Crippen MR) is 123 cm³/mol. The summed E-state index contributed by atoms with van der Waals surface area (Å²) in [6.45, 7) is 5.74. The van der Waals surface area contributed by atoms with Crippen molar-refractivity contribution < 1.29 is 19.1 Å². The summed E-state index contributed by atoms with van der Waals surface area (Å²) in [6, 6.07) is 12.5. The maximum absolute atomic E-state index is 13.5. The van der Waals surface area contributed by atoms with Crippen molar-refractivity contribution in [3.05, 3.63) is 76.2 Å². The van der Waals surface area contributed by atoms with Gasteiger partial charge < -0.3 is 20.1 Å². The minimum Gasteiger partial charge on any atom is -0.497 e. The van der Waals surface area contributed by atoms with Crippen molar-refractivity contribution in [2.45, 2.75) is 26.8 Å². The van der Waals surface area contributed by atoms with Crippen molar-refractivity contribution >= 4 is 23.5 Å². The van der Waals surface area contributed by atoms with Crippen LogP contribution in [-0.4, -0.2) is 40.9 Å². The molecule has 0 saturated carbocycles. The van der Waals surface area contributed by atoms with Crippen molar-refractivity contribution in [2.75, 3.05) is 24.9 Å². The first-order valence-corrected chi connectivity index (χ1v) is 10.4. The van der Waals surface area contributed by atoms with Gasteiger partial charge in [0.1, 0.15) is 11.8 Å². The number of fused-ring (bicyclic) bond motifs is 1. The number of aryl methyl sites for hydroxylation is 2. The largest absolute Gasteiger partial charge is 0.497 e. The molecule has 1 aromatic heterocycles. The molecule has 1 aliphatic rings. The Morgan fingerprint density at radius 3 is 2.42 bits per heavy atom. The van der Waals surface area contributed by atoms with Gasteiger partial charge in [0.15, 0.2) is 0 Å². The van der Waals surface area contributed by atoms with Gasteiger partial charge in [0.25, 0.3) is 11.7 Å². The second-order valence-corrected chi connectivity index (χ2v) is 7.81. The first-order chi connectivity index (χ1) is 15.8. The van der Waals surface area contributed by atoms with E-state index in [0.29, 0.717) is 23.0 Å². The number of rotatable bonds is 5. The summed E-state index contributed by atoms with van der Waals surface area (Å²) in [6.07, 6.45) is 0. The van der Waals surface area contributed by atoms with Gasteiger partial charge in [-0.1, -0.05) is 29.8 Å². The van der Waals surface area contributed by atoms with Gasteiger partial charge in [-0.3, -0.25) is 4.79 Å². The van der Waals surface area contributed by atoms with E-state index in [1.165, 1.54) is 11.8 Å². The van der Waals surface area contributed by atoms with E-state index in [-0.39, 0.29) is 11.7 Å². The van der Waals surface area contributed by atoms with Crippen LogP contribution in [0.4, 0.5) is 11.6 Å². The number of aromatic nitrogens is 3. The Morgan fingerprint density at radius 2 is 1.79 bits per heavy atom. The van der Waals surface area contributed by atoms with Crippen molar-refractivity contribution in [3.8, 4) is 5.75 Å². The van der Waals surface area contributed by atoms with Crippen LogP contribution in [0.1, 0.15) is 40.3 Å². The second-order valence-electron chi connectivity index (χ2n) is 7.81. The van der Waals surface area contributed by atoms with Crippen LogP contribution in [0.5, 0.6) is 5.75 Å². The van der Waals surface area contributed by atoms with Crippen LogP contribution in [-0.2, 0) is 9.53 Å². The molecule has 2 heterocycles. The molecule has 9 nitrogen and oxygen atoms in total. The minimum absolute atomic E-state index is 0.0950. The maximum atomic E-state index is 13.5. The molecule has 33 heavy (non-hydrogen) atoms. The fourth-order valence-corrected chi connectivity index (χ4v) is 3.86. The van der Waals surface area contributed by atoms with Gasteiger partial charge in [-0.05, 0) is 50.1 Å². The van der Waals surface area contributed by atoms with Crippen LogP contribution in [0.3, 0.4) is 0 Å². The zero-order valence-corrected chi connectivity index (χ0v) is 19.1. The molecule has 170 valence electrons. The Kier molecular flexibility index (Phi) is 5.87. The second kappa shape index (κ2) is 8.78. The zero-order chi connectivity index (χ0) is 23.7. The highest BCUT2D eigenvalue weighted by molar-refractivity contribution is 6.06. The molecule has 1 aliphatic heterocycles. The van der Waals surface area contributed by atoms with Crippen LogP contribution < -0.4 is 15.4 Å². The summed E-state index contributed by atoms with van der Waals surface area (Å²) in [4.78, 5) is 29.9. The quantitative estimate of drug-likeness (QED) is 0.575. The summed E-state index contributed by atoms with van der Waals surface area (Å²) >= 11 is 0. The number of hydrogen-bond donors (Lipinski definition) is 2. The highest BCUT2D eigenvalue weighted by Crippen LogP contribution is 2.36. The first kappa shape index (κ1) is 22.1. The molecule has 2 N–H and O–H groups in total. The van der Waals surface area contributed by atoms with E-state index in [2.05, 4.69) is 20.7 Å². The van der Waals surface area contributed by atoms with Crippen LogP contribution in [0.2, 0.25) is 0 Å². The monoisotopic (exact) mass is 447 g/mol. The number of carbonyl (C=O) groups is 2. The van der Waals surface area contributed by atoms with Gasteiger partial charge >= 0.3 is 5.97 Å². The average Bonchev–Trinajstić information content (AvgIpc) is 3.23. The third-order valence-corrected chi connectivity index (χ3v) is 5.53. The molecule has 1 unspecified atom stereocenters. The molecule has 0 bridgehead atoms. The number of amides is 1. The number of anilines is 2. The lowest BCUT2D eigenvalue weighted by molar-refractivity contribution is -0.113. The Hall–Kier alpha value is -4.14. The Labute approximate surface area is 191 Å². The molecule has 0 aliphatic carbocycles. The van der Waals surface area contributed by atoms with Gasteiger partial charge in [-0.15, -0.1) is 5.10 Å². The lowest BCUT2D eigenvalue weighted by atomic mass is 9.94. The van der Waals surface area contributed by atoms with E-state index < -0.39 is 12.0 Å². The first-order valence-electron chi connectivity index (χ1n) is 10.4. The van der Waals surface area contributed by atoms with E-state index in [9.17, 15) is 9.59 Å². The lowest BCUT2D eigenvalue weighted by Crippen LogP contribution is -2.31. The number of hydrogen-bond acceptors (Lipinski definition) is 7. The number of allylic oxidation sites excluding steroid dienone is 1. The number of methoxy groups -OCH3 is 2. The number of carbonyl (C=O) groups excluding carboxylic acids is 2. The molecule has 1 amide bonds. The van der Waals surface area contributed by atoms with Gasteiger partial charge in [-0.25, -0.2) is 9.48 Å². The molecule has 0 saturated heterocycles. The SMILES string of the molecule is COC(=O)c1nc2n(n1)C(c1ccc(OC)cc1)C(C(=O)Nc1ccc(C)cc1C)=C(C)N2. The number of ether oxygens (including phenoxy) is 2. The average molecular weight is 447 g/mol. The number of nitrogens with one attached hydrogen (secondary N) is 2. The maximum Gasteiger partial charge on any atom is 0.378 e. The lowest BCUT2D eigenvalue weighted by Gasteiger charge is -2.29. The molecule has 0 spiro atoms. The van der Waals surface area contributed by atoms with Crippen LogP contribution in [0, 0.1) is 13.8 Å². The van der Waals surface area contributed by atoms with Crippen LogP contribution in [0.25, 0.3) is 0 Å². The molecular weight excluding hydrogens is 422 g/mol. The normalized spacial score (nSPS) is 14.9. The van der Waals surface area contributed by atoms with Gasteiger partial charge in [0, 0.05) is 11.4 Å². The standard InChI is InChI=1S/C24H25N5O4/c1-13-6-11-18(14(2)12-13)26-22(30)19-15(3)25-24-27-21(23(31)33-5)28-29(24)20(19)16-7-9-17(32-4)10-8-16/h6-12,20H,1-5H3,(H,26,30)(H,25,27,28). The summed E-state index contributed by atoms with van der Waals surface area (Å²) in [5.41, 5.74) is 4.63. The molecule has 0 fully saturated rings. The van der Waals surface area contributed by atoms with Crippen LogP contribution in [0.15, 0.2) is 53.7 Å². The summed E-state index contributed by atoms with van der Waals surface area (Å²) in [5, 5.41) is 10.5. The van der Waals surface area contributed by atoms with E-state index in [1.807, 2.05) is 56.3 Å². The van der Waals surface area contributed by atoms with E-state index in [1.54, 1.807) is 14.0 Å². The van der Waals surface area contributed by atoms with Crippen molar-refractivity contribution in [1.29, 1.82) is 0 Å². The molecule has 0 radical (unpaired) electrons. The molecule has 1 atom stereocenters. The highest BCUT2D eigenvalue weighted by Gasteiger charge is 2.35. The molecule has 9 heteroatoms. The fourth-order valence-electron chi connectivity index (χ4n) is 3.86. The number of nitrogens with zero attached hydrogens (tertiary/aromatic N) is 3. The van der Waals surface area contributed by atoms with E-state index in [0.717, 1.165) is 22.4 Å². The van der Waals surface area contributed by atoms with Gasteiger partial charge in [-0.2, -0.15) is 4.98 Å². The predicted octanol–water partition coefficient (Wildman–Crippen LogP) is 3.62. The topological polar surface area (TPSA) is 107 Å². The fraction of sp³-hybridized carbons (Fsp3) is 0.250. The van der Waals surface area contributed by atoms with Crippen LogP contribution >= 0.6 is 0 Å². The minimum atomic E-state index is -0.661. The highest BCUT2D eigenvalue weighted by atomic mass is 16.5. The van der Waals surface area contributed by atoms with Crippen molar-refractivity contribution in [1.82, 2.24) is 14.8 Å². The van der Waals surface area contributed by atoms with E-state index in [4.69, 9.17) is 9.47 Å². The van der Waals surface area contributed by atoms with Gasteiger partial charge in [0.05, 0.1) is 19.8 Å². The summed E-state index contributed by atoms with van der Waals surface area (Å²) in [5.74, 6) is -0.0116. The van der Waals surface area contributed by atoms with Crippen molar-refractivity contribution in [2.24, 2.45) is 0 Å². The smallest absolute Gasteiger partial charge is 0.378 e.